The third-order valence-corrected chi connectivity index (χ3v) is 5.69. The molecule has 1 unspecified atom stereocenters. The summed E-state index contributed by atoms with van der Waals surface area (Å²) in [7, 11) is -3.63. The highest BCUT2D eigenvalue weighted by atomic mass is 32.2. The number of nitrogens with zero attached hydrogens (tertiary/aromatic N) is 3. The zero-order chi connectivity index (χ0) is 20.9. The number of benzene rings is 1. The van der Waals surface area contributed by atoms with Crippen LogP contribution in [-0.2, 0) is 21.4 Å². The van der Waals surface area contributed by atoms with Crippen LogP contribution in [0.5, 0.6) is 0 Å². The van der Waals surface area contributed by atoms with Crippen molar-refractivity contribution in [2.24, 2.45) is 0 Å². The summed E-state index contributed by atoms with van der Waals surface area (Å²) in [6.07, 6.45) is 3.89. The summed E-state index contributed by atoms with van der Waals surface area (Å²) >= 11 is 0. The molecule has 0 saturated heterocycles. The lowest BCUT2D eigenvalue weighted by Crippen LogP contribution is -2.32. The molecule has 0 fully saturated rings. The van der Waals surface area contributed by atoms with Crippen molar-refractivity contribution < 1.29 is 22.5 Å². The third-order valence-electron chi connectivity index (χ3n) is 4.08. The molecule has 0 aliphatic heterocycles. The molecular formula is C19H20N4O5S. The Morgan fingerprint density at radius 2 is 2.00 bits per heavy atom. The van der Waals surface area contributed by atoms with Gasteiger partial charge in [-0.3, -0.25) is 4.98 Å². The second-order valence-corrected chi connectivity index (χ2v) is 8.00. The number of esters is 1. The number of ether oxygens (including phenoxy) is 1. The zero-order valence-electron chi connectivity index (χ0n) is 15.9. The first-order valence-corrected chi connectivity index (χ1v) is 10.4. The number of pyridine rings is 1. The highest BCUT2D eigenvalue weighted by Crippen LogP contribution is 2.15. The van der Waals surface area contributed by atoms with E-state index in [4.69, 9.17) is 9.26 Å². The molecule has 152 valence electrons. The van der Waals surface area contributed by atoms with Crippen LogP contribution in [0.2, 0.25) is 0 Å². The van der Waals surface area contributed by atoms with Gasteiger partial charge in [0.15, 0.2) is 6.61 Å². The van der Waals surface area contributed by atoms with Crippen molar-refractivity contribution >= 4 is 16.0 Å². The minimum Gasteiger partial charge on any atom is -0.452 e. The molecule has 0 aliphatic carbocycles. The van der Waals surface area contributed by atoms with Gasteiger partial charge in [-0.15, -0.1) is 0 Å². The molecule has 3 aromatic rings. The summed E-state index contributed by atoms with van der Waals surface area (Å²) in [6.45, 7) is 3.46. The van der Waals surface area contributed by atoms with Crippen molar-refractivity contribution in [1.82, 2.24) is 19.8 Å². The highest BCUT2D eigenvalue weighted by molar-refractivity contribution is 7.89. The van der Waals surface area contributed by atoms with Crippen molar-refractivity contribution in [1.29, 1.82) is 0 Å². The van der Waals surface area contributed by atoms with Crippen LogP contribution < -0.4 is 4.72 Å². The number of aromatic nitrogens is 3. The van der Waals surface area contributed by atoms with Gasteiger partial charge in [0.05, 0.1) is 10.5 Å². The molecule has 0 amide bonds. The van der Waals surface area contributed by atoms with E-state index in [2.05, 4.69) is 19.8 Å². The van der Waals surface area contributed by atoms with Crippen LogP contribution in [0, 0.1) is 0 Å². The van der Waals surface area contributed by atoms with Crippen LogP contribution in [0.3, 0.4) is 0 Å². The van der Waals surface area contributed by atoms with Crippen LogP contribution >= 0.6 is 0 Å². The molecule has 1 atom stereocenters. The van der Waals surface area contributed by atoms with Gasteiger partial charge in [-0.05, 0) is 49.7 Å². The molecule has 3 rings (SSSR count). The van der Waals surface area contributed by atoms with Gasteiger partial charge in [-0.25, -0.2) is 17.9 Å². The van der Waals surface area contributed by atoms with Crippen molar-refractivity contribution in [2.75, 3.05) is 0 Å². The molecule has 0 bridgehead atoms. The van der Waals surface area contributed by atoms with Crippen molar-refractivity contribution in [3.63, 3.8) is 0 Å². The number of sulfonamides is 1. The van der Waals surface area contributed by atoms with E-state index in [0.29, 0.717) is 17.8 Å². The molecule has 1 N–H and O–H groups in total. The average Bonchev–Trinajstić information content (AvgIpc) is 3.21. The van der Waals surface area contributed by atoms with Crippen LogP contribution in [-0.4, -0.2) is 35.6 Å². The number of nitrogens with one attached hydrogen (secondary N) is 1. The number of carbonyl (C=O) groups is 1. The Morgan fingerprint density at radius 1 is 1.24 bits per heavy atom. The zero-order valence-corrected chi connectivity index (χ0v) is 16.7. The van der Waals surface area contributed by atoms with E-state index in [0.717, 1.165) is 0 Å². The van der Waals surface area contributed by atoms with E-state index in [1.807, 2.05) is 6.92 Å². The maximum atomic E-state index is 12.3. The van der Waals surface area contributed by atoms with E-state index in [9.17, 15) is 13.2 Å². The summed E-state index contributed by atoms with van der Waals surface area (Å²) in [4.78, 5) is 20.4. The predicted octanol–water partition coefficient (Wildman–Crippen LogP) is 2.57. The van der Waals surface area contributed by atoms with Gasteiger partial charge in [0, 0.05) is 24.0 Å². The van der Waals surface area contributed by atoms with Gasteiger partial charge < -0.3 is 9.26 Å². The predicted molar refractivity (Wildman–Crippen MR) is 103 cm³/mol. The van der Waals surface area contributed by atoms with Gasteiger partial charge in [0.2, 0.25) is 15.8 Å². The van der Waals surface area contributed by atoms with Crippen LogP contribution in [0.15, 0.2) is 58.2 Å². The smallest absolute Gasteiger partial charge is 0.338 e. The molecule has 1 aromatic carbocycles. The normalized spacial score (nSPS) is 12.5. The third kappa shape index (κ3) is 5.24. The molecule has 0 spiro atoms. The molecule has 0 saturated carbocycles. The standard InChI is InChI=1S/C19H20N4O5S/c1-3-13(2)23-29(25,26)16-8-6-14(7-9-16)19(24)27-12-17-21-18(22-28-17)15-5-4-10-20-11-15/h4-11,13,23H,3,12H2,1-2H3. The fraction of sp³-hybridized carbons (Fsp3) is 0.263. The fourth-order valence-corrected chi connectivity index (χ4v) is 3.65. The van der Waals surface area contributed by atoms with E-state index in [1.165, 1.54) is 24.3 Å². The Morgan fingerprint density at radius 3 is 2.66 bits per heavy atom. The van der Waals surface area contributed by atoms with Gasteiger partial charge in [-0.1, -0.05) is 12.1 Å². The number of hydrogen-bond donors (Lipinski definition) is 1. The Labute approximate surface area is 168 Å². The molecule has 0 radical (unpaired) electrons. The minimum absolute atomic E-state index is 0.0763. The lowest BCUT2D eigenvalue weighted by atomic mass is 10.2. The largest absolute Gasteiger partial charge is 0.452 e. The quantitative estimate of drug-likeness (QED) is 0.556. The van der Waals surface area contributed by atoms with E-state index >= 15 is 0 Å². The van der Waals surface area contributed by atoms with E-state index in [-0.39, 0.29) is 29.0 Å². The first-order valence-electron chi connectivity index (χ1n) is 8.91. The Balaban J connectivity index is 1.61. The molecule has 0 aliphatic rings. The van der Waals surface area contributed by atoms with Gasteiger partial charge in [-0.2, -0.15) is 4.98 Å². The lowest BCUT2D eigenvalue weighted by molar-refractivity contribution is 0.0429. The molecule has 2 aromatic heterocycles. The molecule has 29 heavy (non-hydrogen) atoms. The summed E-state index contributed by atoms with van der Waals surface area (Å²) < 4.78 is 37.3. The Kier molecular flexibility index (Phi) is 6.35. The summed E-state index contributed by atoms with van der Waals surface area (Å²) in [5.41, 5.74) is 0.885. The summed E-state index contributed by atoms with van der Waals surface area (Å²) in [5.74, 6) is -0.161. The second-order valence-electron chi connectivity index (χ2n) is 6.28. The molecular weight excluding hydrogens is 396 g/mol. The number of carbonyl (C=O) groups excluding carboxylic acids is 1. The number of rotatable bonds is 8. The first-order chi connectivity index (χ1) is 13.9. The monoisotopic (exact) mass is 416 g/mol. The fourth-order valence-electron chi connectivity index (χ4n) is 2.32. The van der Waals surface area contributed by atoms with E-state index in [1.54, 1.807) is 31.5 Å². The second kappa shape index (κ2) is 8.93. The van der Waals surface area contributed by atoms with Gasteiger partial charge in [0.1, 0.15) is 0 Å². The molecule has 10 heteroatoms. The SMILES string of the molecule is CCC(C)NS(=O)(=O)c1ccc(C(=O)OCc2nc(-c3cccnc3)no2)cc1. The average molecular weight is 416 g/mol. The Bertz CT molecular complexity index is 1070. The van der Waals surface area contributed by atoms with Crippen LogP contribution in [0.1, 0.15) is 36.5 Å². The van der Waals surface area contributed by atoms with E-state index < -0.39 is 16.0 Å². The van der Waals surface area contributed by atoms with Crippen LogP contribution in [0.4, 0.5) is 0 Å². The lowest BCUT2D eigenvalue weighted by Gasteiger charge is -2.12. The van der Waals surface area contributed by atoms with Crippen molar-refractivity contribution in [2.45, 2.75) is 37.8 Å². The topological polar surface area (TPSA) is 124 Å². The van der Waals surface area contributed by atoms with Gasteiger partial charge in [0.25, 0.3) is 5.89 Å². The summed E-state index contributed by atoms with van der Waals surface area (Å²) in [6, 6.07) is 8.83. The number of hydrogen-bond acceptors (Lipinski definition) is 8. The van der Waals surface area contributed by atoms with Gasteiger partial charge >= 0.3 is 5.97 Å². The summed E-state index contributed by atoms with van der Waals surface area (Å²) in [5, 5.41) is 3.82. The van der Waals surface area contributed by atoms with Crippen molar-refractivity contribution in [3.8, 4) is 11.4 Å². The first kappa shape index (κ1) is 20.6. The maximum Gasteiger partial charge on any atom is 0.338 e. The molecule has 9 nitrogen and oxygen atoms in total. The van der Waals surface area contributed by atoms with Crippen molar-refractivity contribution in [3.05, 3.63) is 60.2 Å². The highest BCUT2D eigenvalue weighted by Gasteiger charge is 2.18. The van der Waals surface area contributed by atoms with Crippen LogP contribution in [0.25, 0.3) is 11.4 Å². The Hall–Kier alpha value is -3.11. The molecule has 2 heterocycles. The minimum atomic E-state index is -3.63. The maximum absolute atomic E-state index is 12.3.